The molecule has 0 unspecified atom stereocenters. The third kappa shape index (κ3) is 4.63. The molecule has 6 nitrogen and oxygen atoms in total. The molecule has 2 aromatic rings. The van der Waals surface area contributed by atoms with E-state index >= 15 is 0 Å². The minimum Gasteiger partial charge on any atom is -0.356 e. The molecule has 0 aromatic carbocycles. The van der Waals surface area contributed by atoms with Crippen molar-refractivity contribution in [3.63, 3.8) is 0 Å². The molecule has 1 aliphatic heterocycles. The maximum absolute atomic E-state index is 12.5. The molecule has 3 heterocycles. The molecule has 1 saturated heterocycles. The Kier molecular flexibility index (Phi) is 6.88. The summed E-state index contributed by atoms with van der Waals surface area (Å²) >= 11 is 1.73. The summed E-state index contributed by atoms with van der Waals surface area (Å²) in [5.74, 6) is 1.35. The Labute approximate surface area is 172 Å². The van der Waals surface area contributed by atoms with Crippen molar-refractivity contribution in [1.29, 1.82) is 0 Å². The number of rotatable bonds is 7. The van der Waals surface area contributed by atoms with E-state index in [0.717, 1.165) is 56.1 Å². The number of hydrogen-bond donors (Lipinski definition) is 1. The highest BCUT2D eigenvalue weighted by Gasteiger charge is 2.27. The number of carbonyl (C=O) groups is 1. The van der Waals surface area contributed by atoms with Crippen molar-refractivity contribution >= 4 is 33.3 Å². The molecule has 0 spiro atoms. The molecule has 0 radical (unpaired) electrons. The smallest absolute Gasteiger partial charge is 0.223 e. The van der Waals surface area contributed by atoms with Gasteiger partial charge >= 0.3 is 0 Å². The topological polar surface area (TPSA) is 61.4 Å². The molecular weight excluding hydrogens is 370 g/mol. The summed E-state index contributed by atoms with van der Waals surface area (Å²) in [5, 5.41) is 4.32. The van der Waals surface area contributed by atoms with Crippen molar-refractivity contribution in [2.24, 2.45) is 5.92 Å². The maximum atomic E-state index is 12.5. The molecule has 0 aliphatic carbocycles. The van der Waals surface area contributed by atoms with E-state index in [2.05, 4.69) is 59.8 Å². The van der Waals surface area contributed by atoms with Gasteiger partial charge in [-0.15, -0.1) is 11.3 Å². The van der Waals surface area contributed by atoms with Crippen molar-refractivity contribution in [3.05, 3.63) is 16.8 Å². The Morgan fingerprint density at radius 1 is 1.32 bits per heavy atom. The molecule has 0 saturated carbocycles. The lowest BCUT2D eigenvalue weighted by Crippen LogP contribution is -2.41. The van der Waals surface area contributed by atoms with Crippen LogP contribution in [0.2, 0.25) is 0 Å². The number of carbonyl (C=O) groups excluding carboxylic acids is 1. The number of thiophene rings is 1. The van der Waals surface area contributed by atoms with Gasteiger partial charge in [-0.3, -0.25) is 4.79 Å². The van der Waals surface area contributed by atoms with E-state index in [1.54, 1.807) is 17.7 Å². The Morgan fingerprint density at radius 2 is 2.04 bits per heavy atom. The van der Waals surface area contributed by atoms with Gasteiger partial charge in [0.25, 0.3) is 0 Å². The molecular formula is C21H33N5OS. The summed E-state index contributed by atoms with van der Waals surface area (Å²) in [6, 6.07) is 0.545. The minimum absolute atomic E-state index is 0.113. The zero-order valence-electron chi connectivity index (χ0n) is 17.8. The molecule has 1 amide bonds. The number of fused-ring (bicyclic) bond motifs is 1. The first-order chi connectivity index (χ1) is 13.4. The average molecular weight is 404 g/mol. The van der Waals surface area contributed by atoms with Crippen LogP contribution in [-0.2, 0) is 4.79 Å². The number of nitrogens with one attached hydrogen (secondary N) is 1. The number of amides is 1. The highest BCUT2D eigenvalue weighted by Crippen LogP contribution is 2.35. The molecule has 2 aromatic heterocycles. The number of nitrogens with zero attached hydrogens (tertiary/aromatic N) is 4. The van der Waals surface area contributed by atoms with Crippen molar-refractivity contribution in [2.45, 2.75) is 53.0 Å². The second kappa shape index (κ2) is 9.18. The van der Waals surface area contributed by atoms with Crippen LogP contribution in [0.1, 0.15) is 43.6 Å². The molecule has 28 heavy (non-hydrogen) atoms. The first kappa shape index (κ1) is 21.0. The summed E-state index contributed by atoms with van der Waals surface area (Å²) < 4.78 is 0. The van der Waals surface area contributed by atoms with Crippen LogP contribution in [0, 0.1) is 19.8 Å². The zero-order valence-corrected chi connectivity index (χ0v) is 18.6. The number of hydrogen-bond acceptors (Lipinski definition) is 6. The molecule has 1 aliphatic rings. The third-order valence-electron chi connectivity index (χ3n) is 5.98. The first-order valence-electron chi connectivity index (χ1n) is 10.3. The fourth-order valence-corrected chi connectivity index (χ4v) is 4.69. The van der Waals surface area contributed by atoms with Crippen molar-refractivity contribution in [3.8, 4) is 0 Å². The SMILES string of the molecule is Cc1sc2ncnc(N3CCC(C(=O)NCCCN(C)C(C)C)CC3)c2c1C. The van der Waals surface area contributed by atoms with Crippen molar-refractivity contribution < 1.29 is 4.79 Å². The van der Waals surface area contributed by atoms with E-state index in [1.165, 1.54) is 15.8 Å². The van der Waals surface area contributed by atoms with E-state index < -0.39 is 0 Å². The minimum atomic E-state index is 0.113. The normalized spacial score (nSPS) is 15.8. The standard InChI is InChI=1S/C21H33N5OS/c1-14(2)25(5)10-6-9-22-20(27)17-7-11-26(12-8-17)19-18-15(3)16(4)28-21(18)24-13-23-19/h13-14,17H,6-12H2,1-5H3,(H,22,27). The third-order valence-corrected chi connectivity index (χ3v) is 7.09. The van der Waals surface area contributed by atoms with Gasteiger partial charge in [0.15, 0.2) is 0 Å². The van der Waals surface area contributed by atoms with Crippen LogP contribution >= 0.6 is 11.3 Å². The predicted molar refractivity (Wildman–Crippen MR) is 117 cm³/mol. The Morgan fingerprint density at radius 3 is 2.71 bits per heavy atom. The monoisotopic (exact) mass is 403 g/mol. The summed E-state index contributed by atoms with van der Waals surface area (Å²) in [7, 11) is 2.13. The number of aryl methyl sites for hydroxylation is 2. The number of aromatic nitrogens is 2. The van der Waals surface area contributed by atoms with Crippen LogP contribution in [-0.4, -0.2) is 60.0 Å². The van der Waals surface area contributed by atoms with Gasteiger partial charge in [-0.05, 0) is 66.1 Å². The Bertz CT molecular complexity index is 810. The van der Waals surface area contributed by atoms with E-state index in [0.29, 0.717) is 6.04 Å². The summed E-state index contributed by atoms with van der Waals surface area (Å²) in [4.78, 5) is 28.5. The molecule has 3 rings (SSSR count). The summed E-state index contributed by atoms with van der Waals surface area (Å²) in [6.07, 6.45) is 4.42. The summed E-state index contributed by atoms with van der Waals surface area (Å²) in [5.41, 5.74) is 1.28. The maximum Gasteiger partial charge on any atom is 0.223 e. The van der Waals surface area contributed by atoms with E-state index in [1.807, 2.05) is 0 Å². The summed E-state index contributed by atoms with van der Waals surface area (Å²) in [6.45, 7) is 12.2. The molecule has 1 N–H and O–H groups in total. The number of piperidine rings is 1. The highest BCUT2D eigenvalue weighted by atomic mass is 32.1. The molecule has 7 heteroatoms. The Balaban J connectivity index is 1.52. The lowest BCUT2D eigenvalue weighted by molar-refractivity contribution is -0.125. The van der Waals surface area contributed by atoms with Crippen LogP contribution < -0.4 is 10.2 Å². The van der Waals surface area contributed by atoms with Crippen molar-refractivity contribution in [2.75, 3.05) is 38.1 Å². The highest BCUT2D eigenvalue weighted by molar-refractivity contribution is 7.18. The molecule has 0 bridgehead atoms. The van der Waals surface area contributed by atoms with Gasteiger partial charge in [-0.25, -0.2) is 9.97 Å². The first-order valence-corrected chi connectivity index (χ1v) is 11.1. The van der Waals surface area contributed by atoms with Crippen molar-refractivity contribution in [1.82, 2.24) is 20.2 Å². The zero-order chi connectivity index (χ0) is 20.3. The van der Waals surface area contributed by atoms with Gasteiger partial charge in [0.05, 0.1) is 5.39 Å². The fourth-order valence-electron chi connectivity index (χ4n) is 3.70. The predicted octanol–water partition coefficient (Wildman–Crippen LogP) is 3.37. The second-order valence-electron chi connectivity index (χ2n) is 8.14. The Hall–Kier alpha value is -1.73. The van der Waals surface area contributed by atoms with Gasteiger partial charge in [0, 0.05) is 36.5 Å². The van der Waals surface area contributed by atoms with E-state index in [4.69, 9.17) is 0 Å². The van der Waals surface area contributed by atoms with Gasteiger partial charge in [0.1, 0.15) is 17.0 Å². The van der Waals surface area contributed by atoms with Crippen LogP contribution in [0.3, 0.4) is 0 Å². The average Bonchev–Trinajstić information content (AvgIpc) is 2.99. The lowest BCUT2D eigenvalue weighted by atomic mass is 9.95. The van der Waals surface area contributed by atoms with E-state index in [9.17, 15) is 4.79 Å². The molecule has 0 atom stereocenters. The molecule has 154 valence electrons. The largest absolute Gasteiger partial charge is 0.356 e. The fraction of sp³-hybridized carbons (Fsp3) is 0.667. The quantitative estimate of drug-likeness (QED) is 0.718. The number of anilines is 1. The van der Waals surface area contributed by atoms with Gasteiger partial charge in [-0.1, -0.05) is 0 Å². The van der Waals surface area contributed by atoms with Crippen LogP contribution in [0.15, 0.2) is 6.33 Å². The van der Waals surface area contributed by atoms with Crippen LogP contribution in [0.4, 0.5) is 5.82 Å². The van der Waals surface area contributed by atoms with Gasteiger partial charge < -0.3 is 15.1 Å². The van der Waals surface area contributed by atoms with Gasteiger partial charge in [0.2, 0.25) is 5.91 Å². The van der Waals surface area contributed by atoms with Crippen LogP contribution in [0.25, 0.3) is 10.2 Å². The molecule has 1 fully saturated rings. The van der Waals surface area contributed by atoms with Gasteiger partial charge in [-0.2, -0.15) is 0 Å². The van der Waals surface area contributed by atoms with E-state index in [-0.39, 0.29) is 11.8 Å². The van der Waals surface area contributed by atoms with Crippen LogP contribution in [0.5, 0.6) is 0 Å². The second-order valence-corrected chi connectivity index (χ2v) is 9.34. The lowest BCUT2D eigenvalue weighted by Gasteiger charge is -2.32.